The van der Waals surface area contributed by atoms with Gasteiger partial charge in [-0.2, -0.15) is 4.68 Å². The van der Waals surface area contributed by atoms with E-state index in [1.54, 1.807) is 4.68 Å². The van der Waals surface area contributed by atoms with Gasteiger partial charge in [-0.15, -0.1) is 0 Å². The molecule has 192 valence electrons. The van der Waals surface area contributed by atoms with Crippen molar-refractivity contribution in [3.63, 3.8) is 0 Å². The van der Waals surface area contributed by atoms with Gasteiger partial charge in [-0.25, -0.2) is 0 Å². The van der Waals surface area contributed by atoms with E-state index < -0.39 is 18.5 Å². The molecule has 11 heteroatoms. The highest BCUT2D eigenvalue weighted by molar-refractivity contribution is 7.78. The van der Waals surface area contributed by atoms with E-state index in [0.29, 0.717) is 32.6 Å². The molecule has 0 radical (unpaired) electrons. The lowest BCUT2D eigenvalue weighted by atomic mass is 9.84. The number of H-pyrrole nitrogens is 1. The number of amides is 1. The first-order valence-corrected chi connectivity index (χ1v) is 12.3. The number of para-hydroxylation sites is 1. The van der Waals surface area contributed by atoms with Gasteiger partial charge in [0.25, 0.3) is 5.69 Å². The van der Waals surface area contributed by atoms with Gasteiger partial charge < -0.3 is 23.7 Å². The van der Waals surface area contributed by atoms with E-state index in [1.165, 1.54) is 6.92 Å². The summed E-state index contributed by atoms with van der Waals surface area (Å²) in [7, 11) is 0. The molecule has 1 aromatic carbocycles. The van der Waals surface area contributed by atoms with Crippen molar-refractivity contribution in [2.24, 2.45) is 11.8 Å². The quantitative estimate of drug-likeness (QED) is 0.175. The number of carbonyl (C=O) groups is 2. The average molecular weight is 508 g/mol. The number of benzene rings is 1. The van der Waals surface area contributed by atoms with Crippen molar-refractivity contribution < 1.29 is 33.2 Å². The number of ether oxygens (including phenoxy) is 4. The van der Waals surface area contributed by atoms with Crippen LogP contribution in [0.25, 0.3) is 0 Å². The fraction of sp³-hybridized carbons (Fsp3) is 0.583. The third-order valence-electron chi connectivity index (χ3n) is 6.09. The molecular formula is C24H35N4O6S+. The zero-order chi connectivity index (χ0) is 25.2. The Labute approximate surface area is 211 Å². The minimum Gasteiger partial charge on any atom is -0.485 e. The van der Waals surface area contributed by atoms with Crippen molar-refractivity contribution in [3.05, 3.63) is 42.2 Å². The summed E-state index contributed by atoms with van der Waals surface area (Å²) in [4.78, 5) is 23.1. The summed E-state index contributed by atoms with van der Waals surface area (Å²) in [5.41, 5.74) is 0.730. The fourth-order valence-electron chi connectivity index (χ4n) is 4.01. The number of aromatic amines is 1. The molecule has 2 aromatic rings. The van der Waals surface area contributed by atoms with Gasteiger partial charge >= 0.3 is 5.97 Å². The minimum absolute atomic E-state index is 0.0120. The second-order valence-electron chi connectivity index (χ2n) is 8.78. The number of carbonyl (C=O) groups excluding carboxylic acids is 2. The van der Waals surface area contributed by atoms with Crippen molar-refractivity contribution in [2.75, 3.05) is 6.61 Å². The van der Waals surface area contributed by atoms with Crippen LogP contribution in [0.1, 0.15) is 45.7 Å². The van der Waals surface area contributed by atoms with Crippen LogP contribution in [0, 0.1) is 11.8 Å². The van der Waals surface area contributed by atoms with Crippen LogP contribution < -0.4 is 14.1 Å². The van der Waals surface area contributed by atoms with Crippen molar-refractivity contribution in [1.29, 1.82) is 0 Å². The van der Waals surface area contributed by atoms with E-state index in [-0.39, 0.29) is 23.7 Å². The Bertz CT molecular complexity index is 943. The summed E-state index contributed by atoms with van der Waals surface area (Å²) in [6, 6.07) is 9.53. The number of unbranched alkanes of at least 4 members (excludes halogenated alkanes) is 1. The van der Waals surface area contributed by atoms with Gasteiger partial charge in [-0.05, 0) is 25.0 Å². The van der Waals surface area contributed by atoms with Crippen molar-refractivity contribution in [2.45, 2.75) is 71.7 Å². The predicted molar refractivity (Wildman–Crippen MR) is 129 cm³/mol. The van der Waals surface area contributed by atoms with E-state index in [2.05, 4.69) is 27.8 Å². The Morgan fingerprint density at radius 3 is 2.69 bits per heavy atom. The first-order valence-electron chi connectivity index (χ1n) is 11.9. The van der Waals surface area contributed by atoms with E-state index in [9.17, 15) is 9.59 Å². The van der Waals surface area contributed by atoms with Crippen molar-refractivity contribution in [3.8, 4) is 5.75 Å². The summed E-state index contributed by atoms with van der Waals surface area (Å²) in [6.07, 6.45) is 2.35. The number of esters is 1. The van der Waals surface area contributed by atoms with Gasteiger partial charge in [0.05, 0.1) is 0 Å². The van der Waals surface area contributed by atoms with E-state index in [1.807, 2.05) is 50.4 Å². The molecule has 1 fully saturated rings. The molecule has 3 rings (SSSR count). The lowest BCUT2D eigenvalue weighted by Crippen LogP contribution is -2.57. The smallest absolute Gasteiger partial charge is 0.303 e. The standard InChI is InChI=1S/C24H34N4O6S/c1-16-17(2)24(31-12-8-7-11-22(30)26-35)34-21(23(16)33-18(3)29)14-28-13-19(25-27-28)15-32-20-9-5-4-6-10-20/h4-6,9-10,13,16-17,21,23-24H,7-8,11-12,14-15H2,1-3H3,(H2,25,26,27,30,35)/p+1/t16-,17?,21?,23-,24?/m1/s1. The van der Waals surface area contributed by atoms with Crippen LogP contribution >= 0.6 is 12.8 Å². The molecule has 0 spiro atoms. The Hall–Kier alpha value is -2.63. The normalized spacial score (nSPS) is 24.1. The highest BCUT2D eigenvalue weighted by Crippen LogP contribution is 2.33. The number of aromatic nitrogens is 3. The maximum absolute atomic E-state index is 11.8. The molecule has 1 aromatic heterocycles. The second kappa shape index (κ2) is 13.5. The molecule has 35 heavy (non-hydrogen) atoms. The average Bonchev–Trinajstić information content (AvgIpc) is 3.30. The molecule has 0 bridgehead atoms. The third kappa shape index (κ3) is 8.22. The maximum atomic E-state index is 11.8. The zero-order valence-electron chi connectivity index (χ0n) is 20.4. The van der Waals surface area contributed by atoms with Crippen LogP contribution in [-0.4, -0.2) is 47.3 Å². The topological polar surface area (TPSA) is 116 Å². The van der Waals surface area contributed by atoms with Crippen LogP contribution in [0.5, 0.6) is 5.75 Å². The number of rotatable bonds is 12. The van der Waals surface area contributed by atoms with Crippen LogP contribution in [0.2, 0.25) is 0 Å². The van der Waals surface area contributed by atoms with Gasteiger partial charge in [-0.1, -0.05) is 50.1 Å². The van der Waals surface area contributed by atoms with Gasteiger partial charge in [0.1, 0.15) is 24.5 Å². The highest BCUT2D eigenvalue weighted by Gasteiger charge is 2.45. The van der Waals surface area contributed by atoms with Gasteiger partial charge in [0.15, 0.2) is 19.1 Å². The first-order chi connectivity index (χ1) is 16.9. The number of hydrogen-bond donors (Lipinski definition) is 3. The highest BCUT2D eigenvalue weighted by atomic mass is 32.1. The number of hydrogen-bond acceptors (Lipinski definition) is 8. The Kier molecular flexibility index (Phi) is 10.4. The molecule has 1 amide bonds. The molecule has 1 aliphatic heterocycles. The summed E-state index contributed by atoms with van der Waals surface area (Å²) in [5, 5.41) is 7.27. The minimum atomic E-state index is -0.454. The molecule has 2 heterocycles. The Balaban J connectivity index is 1.59. The van der Waals surface area contributed by atoms with E-state index in [0.717, 1.165) is 17.9 Å². The van der Waals surface area contributed by atoms with Gasteiger partial charge in [0, 0.05) is 36.9 Å². The summed E-state index contributed by atoms with van der Waals surface area (Å²) >= 11 is 3.76. The van der Waals surface area contributed by atoms with Crippen molar-refractivity contribution >= 4 is 24.7 Å². The lowest BCUT2D eigenvalue weighted by Gasteiger charge is -2.43. The summed E-state index contributed by atoms with van der Waals surface area (Å²) in [6.45, 7) is 6.65. The van der Waals surface area contributed by atoms with Crippen LogP contribution in [0.15, 0.2) is 36.5 Å². The SMILES string of the molecule is CC(=O)O[C@H]1C(C[n+]2cc(COc3ccccc3)n[nH]2)OC(OCCCCC(=O)NS)C(C)[C@H]1C. The van der Waals surface area contributed by atoms with E-state index >= 15 is 0 Å². The zero-order valence-corrected chi connectivity index (χ0v) is 21.3. The molecule has 3 unspecified atom stereocenters. The van der Waals surface area contributed by atoms with Crippen LogP contribution in [0.3, 0.4) is 0 Å². The molecule has 1 aliphatic rings. The molecule has 0 aliphatic carbocycles. The Morgan fingerprint density at radius 1 is 1.20 bits per heavy atom. The molecule has 5 atom stereocenters. The molecule has 10 nitrogen and oxygen atoms in total. The van der Waals surface area contributed by atoms with Gasteiger partial charge in [0.2, 0.25) is 5.91 Å². The molecule has 1 saturated heterocycles. The first kappa shape index (κ1) is 27.0. The number of nitrogens with one attached hydrogen (secondary N) is 2. The van der Waals surface area contributed by atoms with Crippen molar-refractivity contribution in [1.82, 2.24) is 15.0 Å². The van der Waals surface area contributed by atoms with Gasteiger partial charge in [-0.3, -0.25) is 9.59 Å². The lowest BCUT2D eigenvalue weighted by molar-refractivity contribution is -0.761. The van der Waals surface area contributed by atoms with Crippen LogP contribution in [-0.2, 0) is 37.0 Å². The number of nitrogens with zero attached hydrogens (tertiary/aromatic N) is 2. The summed E-state index contributed by atoms with van der Waals surface area (Å²) < 4.78 is 27.8. The third-order valence-corrected chi connectivity index (χ3v) is 6.34. The fourth-order valence-corrected chi connectivity index (χ4v) is 4.12. The molecule has 2 N–H and O–H groups in total. The molecular weight excluding hydrogens is 472 g/mol. The molecule has 0 saturated carbocycles. The number of thiol groups is 1. The second-order valence-corrected chi connectivity index (χ2v) is 9.01. The monoisotopic (exact) mass is 507 g/mol. The maximum Gasteiger partial charge on any atom is 0.303 e. The summed E-state index contributed by atoms with van der Waals surface area (Å²) in [5.74, 6) is 0.330. The van der Waals surface area contributed by atoms with Crippen LogP contribution in [0.4, 0.5) is 0 Å². The predicted octanol–water partition coefficient (Wildman–Crippen LogP) is 2.35. The van der Waals surface area contributed by atoms with E-state index in [4.69, 9.17) is 18.9 Å². The Morgan fingerprint density at radius 2 is 1.97 bits per heavy atom. The largest absolute Gasteiger partial charge is 0.485 e.